The number of benzene rings is 2. The van der Waals surface area contributed by atoms with Gasteiger partial charge in [0.05, 0.1) is 19.6 Å². The largest absolute Gasteiger partial charge is 0.381 e. The zero-order valence-corrected chi connectivity index (χ0v) is 25.9. The summed E-state index contributed by atoms with van der Waals surface area (Å²) in [4.78, 5) is 45.0. The number of anilines is 2. The predicted octanol–water partition coefficient (Wildman–Crippen LogP) is 1.49. The molecule has 4 rings (SSSR count). The van der Waals surface area contributed by atoms with Gasteiger partial charge in [0.25, 0.3) is 31.4 Å². The van der Waals surface area contributed by atoms with Crippen molar-refractivity contribution >= 4 is 54.6 Å². The Morgan fingerprint density at radius 3 is 1.35 bits per heavy atom. The Balaban J connectivity index is 1.42. The number of nitrogens with zero attached hydrogens (tertiary/aromatic N) is 2. The molecule has 0 aliphatic carbocycles. The molecule has 20 heteroatoms. The van der Waals surface area contributed by atoms with Crippen LogP contribution >= 0.6 is 0 Å². The van der Waals surface area contributed by atoms with E-state index in [0.29, 0.717) is 51.6 Å². The lowest BCUT2D eigenvalue weighted by molar-refractivity contribution is -0.384. The highest BCUT2D eigenvalue weighted by atomic mass is 32.2. The number of amides is 2. The molecule has 250 valence electrons. The van der Waals surface area contributed by atoms with E-state index in [0.717, 1.165) is 49.9 Å². The summed E-state index contributed by atoms with van der Waals surface area (Å²) in [6.07, 6.45) is 2.97. The fourth-order valence-electron chi connectivity index (χ4n) is 4.82. The van der Waals surface area contributed by atoms with Crippen LogP contribution in [0, 0.1) is 32.1 Å². The summed E-state index contributed by atoms with van der Waals surface area (Å²) in [6.45, 7) is 2.98. The molecule has 2 aliphatic heterocycles. The van der Waals surface area contributed by atoms with Gasteiger partial charge in [-0.1, -0.05) is 0 Å². The van der Waals surface area contributed by atoms with Crippen molar-refractivity contribution in [3.8, 4) is 0 Å². The fourth-order valence-corrected chi connectivity index (χ4v) is 6.76. The normalized spacial score (nSPS) is 16.3. The molecule has 0 spiro atoms. The van der Waals surface area contributed by atoms with Crippen LogP contribution in [0.2, 0.25) is 0 Å². The van der Waals surface area contributed by atoms with Crippen LogP contribution in [0.1, 0.15) is 25.7 Å². The Bertz CT molecular complexity index is 1580. The van der Waals surface area contributed by atoms with E-state index in [4.69, 9.17) is 9.47 Å². The molecule has 4 N–H and O–H groups in total. The first-order valence-electron chi connectivity index (χ1n) is 14.1. The molecule has 46 heavy (non-hydrogen) atoms. The van der Waals surface area contributed by atoms with Gasteiger partial charge < -0.3 is 20.1 Å². The van der Waals surface area contributed by atoms with Crippen molar-refractivity contribution in [3.05, 3.63) is 56.6 Å². The number of hydrogen-bond donors (Lipinski definition) is 4. The van der Waals surface area contributed by atoms with Crippen molar-refractivity contribution in [1.82, 2.24) is 9.44 Å². The third kappa shape index (κ3) is 8.86. The standard InChI is InChI=1S/C26H32N6O12S2/c33-25(29-45(39,40)19-1-3-21(23(13-19)31(35)36)27-15-17-5-9-43-10-6-17)26(34)30-46(41,42)20-2-4-22(24(14-20)32(37)38)28-16-18-7-11-44-12-8-18/h1-4,13-14,17-18,27-28H,5-12,15-16H2,(H,29,33)(H,30,34). The van der Waals surface area contributed by atoms with E-state index in [2.05, 4.69) is 10.6 Å². The fraction of sp³-hybridized carbons (Fsp3) is 0.462. The minimum atomic E-state index is -4.88. The summed E-state index contributed by atoms with van der Waals surface area (Å²) in [5.74, 6) is -3.46. The van der Waals surface area contributed by atoms with Gasteiger partial charge in [0, 0.05) is 51.6 Å². The summed E-state index contributed by atoms with van der Waals surface area (Å²) in [6, 6.07) is 5.59. The zero-order valence-electron chi connectivity index (χ0n) is 24.3. The van der Waals surface area contributed by atoms with Crippen LogP contribution < -0.4 is 20.1 Å². The Labute approximate surface area is 263 Å². The molecule has 2 amide bonds. The smallest absolute Gasteiger partial charge is 0.324 e. The van der Waals surface area contributed by atoms with Crippen molar-refractivity contribution in [2.24, 2.45) is 11.8 Å². The molecule has 0 bridgehead atoms. The maximum Gasteiger partial charge on any atom is 0.324 e. The lowest BCUT2D eigenvalue weighted by Crippen LogP contribution is -2.44. The van der Waals surface area contributed by atoms with Crippen LogP contribution in [-0.4, -0.2) is 78.0 Å². The van der Waals surface area contributed by atoms with E-state index >= 15 is 0 Å². The van der Waals surface area contributed by atoms with Gasteiger partial charge in [-0.15, -0.1) is 0 Å². The predicted molar refractivity (Wildman–Crippen MR) is 161 cm³/mol. The Kier molecular flexibility index (Phi) is 11.1. The molecule has 2 heterocycles. The van der Waals surface area contributed by atoms with Crippen molar-refractivity contribution in [2.45, 2.75) is 35.5 Å². The van der Waals surface area contributed by atoms with Crippen LogP contribution in [0.3, 0.4) is 0 Å². The molecule has 2 fully saturated rings. The van der Waals surface area contributed by atoms with Gasteiger partial charge in [-0.2, -0.15) is 0 Å². The summed E-state index contributed by atoms with van der Waals surface area (Å²) in [5, 5.41) is 29.1. The highest BCUT2D eigenvalue weighted by Gasteiger charge is 2.30. The van der Waals surface area contributed by atoms with Crippen molar-refractivity contribution < 1.29 is 45.7 Å². The van der Waals surface area contributed by atoms with E-state index in [9.17, 15) is 46.7 Å². The molecule has 0 aromatic heterocycles. The lowest BCUT2D eigenvalue weighted by atomic mass is 10.0. The molecule has 0 saturated carbocycles. The van der Waals surface area contributed by atoms with Crippen molar-refractivity contribution in [2.75, 3.05) is 50.2 Å². The highest BCUT2D eigenvalue weighted by Crippen LogP contribution is 2.30. The van der Waals surface area contributed by atoms with Gasteiger partial charge >= 0.3 is 11.8 Å². The maximum atomic E-state index is 12.8. The lowest BCUT2D eigenvalue weighted by Gasteiger charge is -2.22. The van der Waals surface area contributed by atoms with E-state index in [1.165, 1.54) is 9.44 Å². The number of ether oxygens (including phenoxy) is 2. The highest BCUT2D eigenvalue weighted by molar-refractivity contribution is 7.91. The van der Waals surface area contributed by atoms with Crippen molar-refractivity contribution in [3.63, 3.8) is 0 Å². The van der Waals surface area contributed by atoms with E-state index < -0.39 is 62.9 Å². The summed E-state index contributed by atoms with van der Waals surface area (Å²) in [7, 11) is -9.76. The number of nitro groups is 2. The number of nitrogens with one attached hydrogen (secondary N) is 4. The third-order valence-corrected chi connectivity index (χ3v) is 10.1. The number of sulfonamides is 2. The minimum Gasteiger partial charge on any atom is -0.381 e. The van der Waals surface area contributed by atoms with Crippen LogP contribution in [0.4, 0.5) is 22.7 Å². The molecule has 0 radical (unpaired) electrons. The SMILES string of the molecule is O=C(NS(=O)(=O)c1ccc(NCC2CCOCC2)c([N+](=O)[O-])c1)C(=O)NS(=O)(=O)c1ccc(NCC2CCOCC2)c([N+](=O)[O-])c1. The Morgan fingerprint density at radius 1 is 0.674 bits per heavy atom. The van der Waals surface area contributed by atoms with Crippen molar-refractivity contribution in [1.29, 1.82) is 0 Å². The molecule has 2 aromatic rings. The molecular formula is C26H32N6O12S2. The summed E-state index contributed by atoms with van der Waals surface area (Å²) < 4.78 is 64.5. The molecule has 18 nitrogen and oxygen atoms in total. The minimum absolute atomic E-state index is 0.0319. The quantitative estimate of drug-likeness (QED) is 0.140. The third-order valence-electron chi connectivity index (χ3n) is 7.46. The topological polar surface area (TPSA) is 255 Å². The Morgan fingerprint density at radius 2 is 1.02 bits per heavy atom. The average Bonchev–Trinajstić information content (AvgIpc) is 3.03. The van der Waals surface area contributed by atoms with Crippen LogP contribution in [-0.2, 0) is 39.1 Å². The zero-order chi connectivity index (χ0) is 33.5. The van der Waals surface area contributed by atoms with Gasteiger partial charge in [-0.25, -0.2) is 26.3 Å². The van der Waals surface area contributed by atoms with Gasteiger partial charge in [0.2, 0.25) is 0 Å². The first-order valence-corrected chi connectivity index (χ1v) is 17.1. The average molecular weight is 685 g/mol. The van der Waals surface area contributed by atoms with E-state index in [1.807, 2.05) is 0 Å². The van der Waals surface area contributed by atoms with Crippen LogP contribution in [0.15, 0.2) is 46.2 Å². The molecule has 0 unspecified atom stereocenters. The second-order valence-corrected chi connectivity index (χ2v) is 14.0. The molecule has 2 saturated heterocycles. The number of hydrogen-bond acceptors (Lipinski definition) is 14. The van der Waals surface area contributed by atoms with Crippen LogP contribution in [0.25, 0.3) is 0 Å². The second kappa shape index (κ2) is 14.8. The van der Waals surface area contributed by atoms with Gasteiger partial charge in [0.1, 0.15) is 11.4 Å². The van der Waals surface area contributed by atoms with Gasteiger partial charge in [0.15, 0.2) is 0 Å². The number of rotatable bonds is 12. The summed E-state index contributed by atoms with van der Waals surface area (Å²) >= 11 is 0. The molecule has 2 aromatic carbocycles. The Hall–Kier alpha value is -4.40. The number of carbonyl (C=O) groups is 2. The molecular weight excluding hydrogens is 652 g/mol. The molecule has 2 aliphatic rings. The van der Waals surface area contributed by atoms with E-state index in [-0.39, 0.29) is 23.2 Å². The van der Waals surface area contributed by atoms with Gasteiger partial charge in [-0.3, -0.25) is 29.8 Å². The second-order valence-electron chi connectivity index (χ2n) is 10.6. The number of carbonyl (C=O) groups excluding carboxylic acids is 2. The molecule has 0 atom stereocenters. The maximum absolute atomic E-state index is 12.8. The first-order chi connectivity index (χ1) is 21.8. The summed E-state index contributed by atoms with van der Waals surface area (Å²) in [5.41, 5.74) is -1.16. The number of nitro benzene ring substituents is 2. The monoisotopic (exact) mass is 684 g/mol. The first kappa shape index (κ1) is 34.5. The van der Waals surface area contributed by atoms with Gasteiger partial charge in [-0.05, 0) is 61.8 Å². The van der Waals surface area contributed by atoms with E-state index in [1.54, 1.807) is 0 Å². The van der Waals surface area contributed by atoms with Crippen LogP contribution in [0.5, 0.6) is 0 Å².